The summed E-state index contributed by atoms with van der Waals surface area (Å²) >= 11 is 0. The van der Waals surface area contributed by atoms with Crippen molar-refractivity contribution in [1.29, 1.82) is 0 Å². The van der Waals surface area contributed by atoms with Crippen molar-refractivity contribution in [1.82, 2.24) is 4.90 Å². The third-order valence-electron chi connectivity index (χ3n) is 2.75. The third kappa shape index (κ3) is 2.46. The van der Waals surface area contributed by atoms with E-state index in [9.17, 15) is 9.59 Å². The normalized spacial score (nSPS) is 21.2. The van der Waals surface area contributed by atoms with Crippen LogP contribution >= 0.6 is 0 Å². The fourth-order valence-corrected chi connectivity index (χ4v) is 1.89. The molecule has 0 spiro atoms. The van der Waals surface area contributed by atoms with Crippen LogP contribution in [0.5, 0.6) is 0 Å². The molecule has 0 bridgehead atoms. The Labute approximate surface area is 91.1 Å². The van der Waals surface area contributed by atoms with Crippen LogP contribution in [-0.2, 0) is 9.59 Å². The van der Waals surface area contributed by atoms with Crippen LogP contribution in [0.25, 0.3) is 0 Å². The van der Waals surface area contributed by atoms with Gasteiger partial charge in [0.2, 0.25) is 5.91 Å². The van der Waals surface area contributed by atoms with Crippen molar-refractivity contribution in [2.24, 2.45) is 5.92 Å². The molecule has 0 aliphatic carbocycles. The zero-order valence-corrected chi connectivity index (χ0v) is 9.75. The van der Waals surface area contributed by atoms with Crippen molar-refractivity contribution < 1.29 is 9.59 Å². The maximum absolute atomic E-state index is 11.9. The minimum atomic E-state index is -0.252. The number of ketones is 1. The summed E-state index contributed by atoms with van der Waals surface area (Å²) in [7, 11) is 0. The number of Topliss-reactive ketones (excluding diaryl/α,β-unsaturated/α-hetero) is 1. The monoisotopic (exact) mass is 209 g/mol. The first-order chi connectivity index (χ1) is 6.97. The lowest BCUT2D eigenvalue weighted by Crippen LogP contribution is -2.42. The SMILES string of the molecule is C=C1C[C@@H](C(=O)CC)N(C(=O)C(C)C)C1. The molecule has 0 aromatic carbocycles. The number of amides is 1. The van der Waals surface area contributed by atoms with Crippen LogP contribution in [0, 0.1) is 5.92 Å². The Balaban J connectivity index is 2.82. The summed E-state index contributed by atoms with van der Waals surface area (Å²) in [5, 5.41) is 0. The highest BCUT2D eigenvalue weighted by molar-refractivity contribution is 5.90. The first-order valence-corrected chi connectivity index (χ1v) is 5.47. The second-order valence-electron chi connectivity index (χ2n) is 4.41. The Bertz CT molecular complexity index is 294. The van der Waals surface area contributed by atoms with E-state index in [4.69, 9.17) is 0 Å². The van der Waals surface area contributed by atoms with E-state index in [-0.39, 0.29) is 23.7 Å². The van der Waals surface area contributed by atoms with Crippen molar-refractivity contribution in [3.05, 3.63) is 12.2 Å². The standard InChI is InChI=1S/C12H19NO2/c1-5-11(14)10-6-9(4)7-13(10)12(15)8(2)3/h8,10H,4-7H2,1-3H3/t10-/m0/s1. The zero-order chi connectivity index (χ0) is 11.6. The molecular weight excluding hydrogens is 190 g/mol. The van der Waals surface area contributed by atoms with E-state index in [1.165, 1.54) is 0 Å². The summed E-state index contributed by atoms with van der Waals surface area (Å²) in [6.07, 6.45) is 1.13. The van der Waals surface area contributed by atoms with E-state index >= 15 is 0 Å². The quantitative estimate of drug-likeness (QED) is 0.664. The van der Waals surface area contributed by atoms with Crippen molar-refractivity contribution in [3.8, 4) is 0 Å². The summed E-state index contributed by atoms with van der Waals surface area (Å²) < 4.78 is 0. The Morgan fingerprint density at radius 3 is 2.60 bits per heavy atom. The number of carbonyl (C=O) groups is 2. The maximum atomic E-state index is 11.9. The van der Waals surface area contributed by atoms with Gasteiger partial charge in [-0.3, -0.25) is 9.59 Å². The predicted molar refractivity (Wildman–Crippen MR) is 59.4 cm³/mol. The van der Waals surface area contributed by atoms with Gasteiger partial charge in [0.1, 0.15) is 0 Å². The van der Waals surface area contributed by atoms with E-state index in [0.29, 0.717) is 19.4 Å². The molecule has 0 aromatic heterocycles. The Morgan fingerprint density at radius 1 is 1.53 bits per heavy atom. The molecule has 1 amide bonds. The van der Waals surface area contributed by atoms with E-state index in [2.05, 4.69) is 6.58 Å². The molecule has 1 rings (SSSR count). The smallest absolute Gasteiger partial charge is 0.226 e. The van der Waals surface area contributed by atoms with Gasteiger partial charge in [0.05, 0.1) is 6.04 Å². The number of nitrogens with zero attached hydrogens (tertiary/aromatic N) is 1. The van der Waals surface area contributed by atoms with Crippen LogP contribution in [0.2, 0.25) is 0 Å². The molecule has 1 heterocycles. The summed E-state index contributed by atoms with van der Waals surface area (Å²) in [5.41, 5.74) is 0.982. The molecule has 84 valence electrons. The molecule has 0 saturated carbocycles. The lowest BCUT2D eigenvalue weighted by Gasteiger charge is -2.24. The van der Waals surface area contributed by atoms with Crippen LogP contribution in [0.3, 0.4) is 0 Å². The molecule has 3 nitrogen and oxygen atoms in total. The number of hydrogen-bond donors (Lipinski definition) is 0. The molecule has 1 saturated heterocycles. The largest absolute Gasteiger partial charge is 0.328 e. The lowest BCUT2D eigenvalue weighted by atomic mass is 10.1. The highest BCUT2D eigenvalue weighted by atomic mass is 16.2. The maximum Gasteiger partial charge on any atom is 0.226 e. The molecule has 1 aliphatic heterocycles. The minimum Gasteiger partial charge on any atom is -0.328 e. The van der Waals surface area contributed by atoms with Gasteiger partial charge in [-0.05, 0) is 6.42 Å². The average Bonchev–Trinajstić information content (AvgIpc) is 2.57. The topological polar surface area (TPSA) is 37.4 Å². The second-order valence-corrected chi connectivity index (χ2v) is 4.41. The van der Waals surface area contributed by atoms with Gasteiger partial charge in [-0.1, -0.05) is 32.9 Å². The van der Waals surface area contributed by atoms with Crippen molar-refractivity contribution in [3.63, 3.8) is 0 Å². The van der Waals surface area contributed by atoms with Crippen LogP contribution < -0.4 is 0 Å². The molecule has 0 N–H and O–H groups in total. The minimum absolute atomic E-state index is 0.0527. The first kappa shape index (κ1) is 12.0. The second kappa shape index (κ2) is 4.60. The van der Waals surface area contributed by atoms with Gasteiger partial charge in [0, 0.05) is 18.9 Å². The third-order valence-corrected chi connectivity index (χ3v) is 2.75. The van der Waals surface area contributed by atoms with E-state index in [0.717, 1.165) is 5.57 Å². The molecule has 3 heteroatoms. The van der Waals surface area contributed by atoms with Crippen LogP contribution in [-0.4, -0.2) is 29.2 Å². The van der Waals surface area contributed by atoms with E-state index < -0.39 is 0 Å². The molecule has 15 heavy (non-hydrogen) atoms. The Morgan fingerprint density at radius 2 is 2.13 bits per heavy atom. The van der Waals surface area contributed by atoms with Crippen molar-refractivity contribution in [2.75, 3.05) is 6.54 Å². The predicted octanol–water partition coefficient (Wildman–Crippen LogP) is 1.78. The Kier molecular flexibility index (Phi) is 3.66. The summed E-state index contributed by atoms with van der Waals surface area (Å²) in [4.78, 5) is 25.2. The molecule has 1 aliphatic rings. The summed E-state index contributed by atoms with van der Waals surface area (Å²) in [5.74, 6) is 0.145. The fraction of sp³-hybridized carbons (Fsp3) is 0.667. The van der Waals surface area contributed by atoms with Crippen molar-refractivity contribution >= 4 is 11.7 Å². The Hall–Kier alpha value is -1.12. The molecule has 1 fully saturated rings. The molecular formula is C12H19NO2. The zero-order valence-electron chi connectivity index (χ0n) is 9.75. The number of likely N-dealkylation sites (tertiary alicyclic amines) is 1. The van der Waals surface area contributed by atoms with Crippen LogP contribution in [0.15, 0.2) is 12.2 Å². The highest BCUT2D eigenvalue weighted by Gasteiger charge is 2.35. The van der Waals surface area contributed by atoms with Gasteiger partial charge >= 0.3 is 0 Å². The van der Waals surface area contributed by atoms with Gasteiger partial charge in [0.25, 0.3) is 0 Å². The number of rotatable bonds is 3. The number of hydrogen-bond acceptors (Lipinski definition) is 2. The van der Waals surface area contributed by atoms with Crippen molar-refractivity contribution in [2.45, 2.75) is 39.7 Å². The molecule has 0 aromatic rings. The molecule has 0 unspecified atom stereocenters. The van der Waals surface area contributed by atoms with Crippen LogP contribution in [0.1, 0.15) is 33.6 Å². The molecule has 1 atom stereocenters. The van der Waals surface area contributed by atoms with E-state index in [1.807, 2.05) is 20.8 Å². The summed E-state index contributed by atoms with van der Waals surface area (Å²) in [6, 6.07) is -0.252. The van der Waals surface area contributed by atoms with Gasteiger partial charge in [-0.25, -0.2) is 0 Å². The van der Waals surface area contributed by atoms with E-state index in [1.54, 1.807) is 4.90 Å². The van der Waals surface area contributed by atoms with Gasteiger partial charge in [-0.15, -0.1) is 0 Å². The summed E-state index contributed by atoms with van der Waals surface area (Å²) in [6.45, 7) is 9.97. The van der Waals surface area contributed by atoms with Crippen LogP contribution in [0.4, 0.5) is 0 Å². The molecule has 0 radical (unpaired) electrons. The lowest BCUT2D eigenvalue weighted by molar-refractivity contribution is -0.139. The highest BCUT2D eigenvalue weighted by Crippen LogP contribution is 2.24. The first-order valence-electron chi connectivity index (χ1n) is 5.47. The van der Waals surface area contributed by atoms with Gasteiger partial charge < -0.3 is 4.90 Å². The van der Waals surface area contributed by atoms with Gasteiger partial charge in [0.15, 0.2) is 5.78 Å². The number of carbonyl (C=O) groups excluding carboxylic acids is 2. The average molecular weight is 209 g/mol. The fourth-order valence-electron chi connectivity index (χ4n) is 1.89. The van der Waals surface area contributed by atoms with Gasteiger partial charge in [-0.2, -0.15) is 0 Å².